The molecule has 120 valence electrons. The van der Waals surface area contributed by atoms with E-state index in [2.05, 4.69) is 19.6 Å². The molecule has 20 heavy (non-hydrogen) atoms. The van der Waals surface area contributed by atoms with Crippen molar-refractivity contribution in [3.05, 3.63) is 0 Å². The van der Waals surface area contributed by atoms with Crippen LogP contribution in [0.3, 0.4) is 0 Å². The summed E-state index contributed by atoms with van der Waals surface area (Å²) in [6, 6.07) is 0.761. The zero-order chi connectivity index (χ0) is 15.6. The molecular formula is C13H31NO4Si2. The maximum Gasteiger partial charge on any atom is 0.500 e. The molecule has 5 nitrogen and oxygen atoms in total. The molecule has 1 amide bonds. The predicted octanol–water partition coefficient (Wildman–Crippen LogP) is 2.72. The summed E-state index contributed by atoms with van der Waals surface area (Å²) in [4.78, 5) is 11.2. The molecule has 0 unspecified atom stereocenters. The molecule has 0 radical (unpaired) electrons. The molecule has 0 aromatic rings. The Morgan fingerprint density at radius 2 is 1.40 bits per heavy atom. The zero-order valence-corrected chi connectivity index (χ0v) is 15.9. The lowest BCUT2D eigenvalue weighted by Crippen LogP contribution is -2.48. The summed E-state index contributed by atoms with van der Waals surface area (Å²) >= 11 is 0. The molecule has 0 aliphatic heterocycles. The van der Waals surface area contributed by atoms with Gasteiger partial charge in [0.1, 0.15) is 0 Å². The summed E-state index contributed by atoms with van der Waals surface area (Å²) in [6.07, 6.45) is 1.83. The highest BCUT2D eigenvalue weighted by atomic mass is 28.4. The number of carbonyl (C=O) groups excluding carboxylic acids is 1. The van der Waals surface area contributed by atoms with Crippen LogP contribution in [0.25, 0.3) is 0 Å². The second-order valence-corrected chi connectivity index (χ2v) is 13.2. The van der Waals surface area contributed by atoms with Gasteiger partial charge in [0.2, 0.25) is 6.41 Å². The van der Waals surface area contributed by atoms with Crippen molar-refractivity contribution in [3.8, 4) is 0 Å². The maximum atomic E-state index is 11.2. The van der Waals surface area contributed by atoms with E-state index in [4.69, 9.17) is 13.3 Å². The maximum absolute atomic E-state index is 11.2. The van der Waals surface area contributed by atoms with E-state index >= 15 is 0 Å². The Labute approximate surface area is 126 Å². The molecule has 0 saturated carbocycles. The highest BCUT2D eigenvalue weighted by Crippen LogP contribution is 2.19. The van der Waals surface area contributed by atoms with Crippen molar-refractivity contribution >= 4 is 23.4 Å². The van der Waals surface area contributed by atoms with E-state index in [1.54, 1.807) is 0 Å². The third-order valence-corrected chi connectivity index (χ3v) is 8.17. The number of amides is 1. The average molecular weight is 322 g/mol. The lowest BCUT2D eigenvalue weighted by molar-refractivity contribution is -0.114. The minimum absolute atomic E-state index is 0.595. The van der Waals surface area contributed by atoms with Crippen LogP contribution in [0.4, 0.5) is 0 Å². The third kappa shape index (κ3) is 6.98. The Morgan fingerprint density at radius 3 is 1.70 bits per heavy atom. The Hall–Kier alpha value is -0.216. The monoisotopic (exact) mass is 321 g/mol. The van der Waals surface area contributed by atoms with E-state index in [9.17, 15) is 4.79 Å². The fourth-order valence-electron chi connectivity index (χ4n) is 2.01. The van der Waals surface area contributed by atoms with E-state index in [0.717, 1.165) is 25.4 Å². The molecule has 0 fully saturated rings. The molecule has 0 atom stereocenters. The average Bonchev–Trinajstić information content (AvgIpc) is 2.34. The second kappa shape index (κ2) is 9.67. The predicted molar refractivity (Wildman–Crippen MR) is 86.2 cm³/mol. The Morgan fingerprint density at radius 1 is 0.950 bits per heavy atom. The number of rotatable bonds is 12. The van der Waals surface area contributed by atoms with Crippen molar-refractivity contribution in [2.45, 2.75) is 52.9 Å². The minimum atomic E-state index is -2.56. The normalized spacial score (nSPS) is 12.5. The SMILES string of the molecule is CCO[Si](CCCN(C=O)[Si](C)(C)C)(OCC)OCC. The van der Waals surface area contributed by atoms with Crippen molar-refractivity contribution < 1.29 is 18.1 Å². The van der Waals surface area contributed by atoms with Crippen LogP contribution in [0.1, 0.15) is 27.2 Å². The second-order valence-electron chi connectivity index (χ2n) is 5.56. The van der Waals surface area contributed by atoms with Gasteiger partial charge >= 0.3 is 8.80 Å². The van der Waals surface area contributed by atoms with Crippen LogP contribution < -0.4 is 0 Å². The highest BCUT2D eigenvalue weighted by Gasteiger charge is 2.40. The summed E-state index contributed by atoms with van der Waals surface area (Å²) in [7, 11) is -4.14. The summed E-state index contributed by atoms with van der Waals surface area (Å²) in [5.74, 6) is 0. The van der Waals surface area contributed by atoms with Gasteiger partial charge in [0.15, 0.2) is 8.24 Å². The van der Waals surface area contributed by atoms with E-state index < -0.39 is 17.0 Å². The summed E-state index contributed by atoms with van der Waals surface area (Å²) in [5, 5.41) is 0. The number of carbonyl (C=O) groups is 1. The summed E-state index contributed by atoms with van der Waals surface area (Å²) in [5.41, 5.74) is 0. The van der Waals surface area contributed by atoms with Crippen LogP contribution in [-0.2, 0) is 18.1 Å². The van der Waals surface area contributed by atoms with Gasteiger partial charge in [-0.25, -0.2) is 0 Å². The zero-order valence-electron chi connectivity index (χ0n) is 13.9. The van der Waals surface area contributed by atoms with E-state index in [0.29, 0.717) is 19.8 Å². The molecule has 0 bridgehead atoms. The minimum Gasteiger partial charge on any atom is -0.374 e. The van der Waals surface area contributed by atoms with E-state index in [1.807, 2.05) is 25.3 Å². The lowest BCUT2D eigenvalue weighted by atomic mass is 10.5. The van der Waals surface area contributed by atoms with Crippen LogP contribution in [0.15, 0.2) is 0 Å². The van der Waals surface area contributed by atoms with Gasteiger partial charge in [-0.1, -0.05) is 19.6 Å². The van der Waals surface area contributed by atoms with Crippen LogP contribution in [0, 0.1) is 0 Å². The van der Waals surface area contributed by atoms with Crippen LogP contribution in [0.2, 0.25) is 25.7 Å². The number of nitrogens with zero attached hydrogens (tertiary/aromatic N) is 1. The molecule has 0 saturated heterocycles. The van der Waals surface area contributed by atoms with Crippen LogP contribution >= 0.6 is 0 Å². The smallest absolute Gasteiger partial charge is 0.374 e. The molecule has 0 N–H and O–H groups in total. The number of hydrogen-bond acceptors (Lipinski definition) is 4. The fraction of sp³-hybridized carbons (Fsp3) is 0.923. The highest BCUT2D eigenvalue weighted by molar-refractivity contribution is 6.74. The van der Waals surface area contributed by atoms with Crippen molar-refractivity contribution in [2.24, 2.45) is 0 Å². The molecule has 0 aliphatic rings. The van der Waals surface area contributed by atoms with E-state index in [-0.39, 0.29) is 0 Å². The van der Waals surface area contributed by atoms with Gasteiger partial charge in [0.05, 0.1) is 0 Å². The van der Waals surface area contributed by atoms with Crippen molar-refractivity contribution in [1.29, 1.82) is 0 Å². The van der Waals surface area contributed by atoms with Crippen molar-refractivity contribution in [2.75, 3.05) is 26.4 Å². The molecule has 0 aromatic heterocycles. The summed E-state index contributed by atoms with van der Waals surface area (Å²) in [6.45, 7) is 14.9. The fourth-order valence-corrected chi connectivity index (χ4v) is 5.75. The number of hydrogen-bond donors (Lipinski definition) is 0. The first kappa shape index (κ1) is 19.8. The Kier molecular flexibility index (Phi) is 9.57. The summed E-state index contributed by atoms with van der Waals surface area (Å²) < 4.78 is 19.4. The largest absolute Gasteiger partial charge is 0.500 e. The van der Waals surface area contributed by atoms with Gasteiger partial charge in [-0.05, 0) is 27.2 Å². The van der Waals surface area contributed by atoms with Crippen molar-refractivity contribution in [3.63, 3.8) is 0 Å². The third-order valence-electron chi connectivity index (χ3n) is 2.96. The topological polar surface area (TPSA) is 48.0 Å². The van der Waals surface area contributed by atoms with Crippen LogP contribution in [-0.4, -0.2) is 54.4 Å². The quantitative estimate of drug-likeness (QED) is 0.410. The molecule has 7 heteroatoms. The molecular weight excluding hydrogens is 290 g/mol. The first-order valence-electron chi connectivity index (χ1n) is 7.49. The van der Waals surface area contributed by atoms with Gasteiger partial charge in [-0.15, -0.1) is 0 Å². The van der Waals surface area contributed by atoms with E-state index in [1.165, 1.54) is 0 Å². The first-order chi connectivity index (χ1) is 9.35. The molecule has 0 spiro atoms. The van der Waals surface area contributed by atoms with Gasteiger partial charge < -0.3 is 17.8 Å². The molecule has 0 aromatic carbocycles. The molecule has 0 heterocycles. The van der Waals surface area contributed by atoms with Crippen molar-refractivity contribution in [1.82, 2.24) is 4.57 Å². The van der Waals surface area contributed by atoms with Crippen LogP contribution in [0.5, 0.6) is 0 Å². The Balaban J connectivity index is 4.55. The van der Waals surface area contributed by atoms with Gasteiger partial charge in [-0.2, -0.15) is 0 Å². The Bertz CT molecular complexity index is 255. The van der Waals surface area contributed by atoms with Gasteiger partial charge in [0.25, 0.3) is 0 Å². The van der Waals surface area contributed by atoms with Gasteiger partial charge in [-0.3, -0.25) is 4.79 Å². The lowest BCUT2D eigenvalue weighted by Gasteiger charge is -2.32. The van der Waals surface area contributed by atoms with Gasteiger partial charge in [0, 0.05) is 32.4 Å². The standard InChI is InChI=1S/C13H31NO4Si2/c1-7-16-20(17-8-2,18-9-3)12-10-11-14(13-15)19(4,5)6/h13H,7-12H2,1-6H3. The first-order valence-corrected chi connectivity index (χ1v) is 12.9. The molecule has 0 rings (SSSR count). The molecule has 0 aliphatic carbocycles.